The summed E-state index contributed by atoms with van der Waals surface area (Å²) in [5.41, 5.74) is 0. The van der Waals surface area contributed by atoms with E-state index in [-0.39, 0.29) is 0 Å². The van der Waals surface area contributed by atoms with Crippen LogP contribution in [0.1, 0.15) is 0 Å². The van der Waals surface area contributed by atoms with Gasteiger partial charge in [-0.3, -0.25) is 0 Å². The first-order chi connectivity index (χ1) is 8.93. The van der Waals surface area contributed by atoms with E-state index in [1.165, 1.54) is 0 Å². The van der Waals surface area contributed by atoms with Gasteiger partial charge in [0.25, 0.3) is 5.95 Å². The molecule has 0 saturated carbocycles. The first-order valence-electron chi connectivity index (χ1n) is 4.87. The Bertz CT molecular complexity index is 674. The molecule has 0 aliphatic rings. The Balaban J connectivity index is 3.11. The van der Waals surface area contributed by atoms with Gasteiger partial charge in [0, 0.05) is 0 Å². The summed E-state index contributed by atoms with van der Waals surface area (Å²) in [5.74, 6) is -10.3. The Hall–Kier alpha value is -2.12. The van der Waals surface area contributed by atoms with E-state index in [0.29, 0.717) is 0 Å². The van der Waals surface area contributed by atoms with Crippen LogP contribution >= 0.6 is 0 Å². The van der Waals surface area contributed by atoms with Crippen molar-refractivity contribution in [2.45, 2.75) is 0 Å². The van der Waals surface area contributed by atoms with E-state index in [9.17, 15) is 22.0 Å². The number of halogens is 5. The molecule has 1 aromatic heterocycles. The molecule has 0 fully saturated rings. The second-order valence-electron chi connectivity index (χ2n) is 3.45. The smallest absolute Gasteiger partial charge is 0.252 e. The van der Waals surface area contributed by atoms with Crippen LogP contribution in [0, 0.1) is 29.2 Å². The van der Waals surface area contributed by atoms with Gasteiger partial charge in [0.05, 0.1) is 25.0 Å². The zero-order chi connectivity index (χ0) is 14.3. The van der Waals surface area contributed by atoms with E-state index < -0.39 is 51.6 Å². The normalized spacial score (nSPS) is 10.9. The molecule has 0 atom stereocenters. The summed E-state index contributed by atoms with van der Waals surface area (Å²) in [6, 6.07) is 0. The lowest BCUT2D eigenvalue weighted by atomic mass is 10.1. The van der Waals surface area contributed by atoms with Crippen molar-refractivity contribution in [1.82, 2.24) is 4.98 Å². The molecule has 0 bridgehead atoms. The molecular formula is C11H6F5NO2. The number of hydrogen-bond acceptors (Lipinski definition) is 3. The van der Waals surface area contributed by atoms with Crippen molar-refractivity contribution in [3.8, 4) is 11.6 Å². The number of ether oxygens (including phenoxy) is 2. The zero-order valence-electron chi connectivity index (χ0n) is 9.65. The molecule has 1 heterocycles. The Morgan fingerprint density at radius 3 is 1.89 bits per heavy atom. The molecule has 3 nitrogen and oxygen atoms in total. The van der Waals surface area contributed by atoms with Crippen molar-refractivity contribution >= 4 is 10.8 Å². The van der Waals surface area contributed by atoms with E-state index in [1.807, 2.05) is 0 Å². The fraction of sp³-hybridized carbons (Fsp3) is 0.182. The number of aromatic nitrogens is 1. The largest absolute Gasteiger partial charge is 0.491 e. The van der Waals surface area contributed by atoms with Crippen molar-refractivity contribution in [3.05, 3.63) is 29.2 Å². The lowest BCUT2D eigenvalue weighted by molar-refractivity contribution is 0.346. The Labute approximate surface area is 103 Å². The quantitative estimate of drug-likeness (QED) is 0.481. The van der Waals surface area contributed by atoms with Crippen LogP contribution in [0.15, 0.2) is 0 Å². The first-order valence-corrected chi connectivity index (χ1v) is 4.87. The molecule has 0 saturated heterocycles. The fourth-order valence-electron chi connectivity index (χ4n) is 1.67. The maximum Gasteiger partial charge on any atom is 0.252 e. The van der Waals surface area contributed by atoms with Crippen molar-refractivity contribution in [3.63, 3.8) is 0 Å². The Morgan fingerprint density at radius 1 is 0.737 bits per heavy atom. The van der Waals surface area contributed by atoms with Crippen molar-refractivity contribution in [2.75, 3.05) is 14.2 Å². The minimum Gasteiger partial charge on any atom is -0.491 e. The van der Waals surface area contributed by atoms with Crippen molar-refractivity contribution in [2.24, 2.45) is 0 Å². The summed E-state index contributed by atoms with van der Waals surface area (Å²) in [6.07, 6.45) is 0. The molecular weight excluding hydrogens is 273 g/mol. The van der Waals surface area contributed by atoms with E-state index in [2.05, 4.69) is 14.5 Å². The summed E-state index contributed by atoms with van der Waals surface area (Å²) in [6.45, 7) is 0. The molecule has 8 heteroatoms. The molecule has 19 heavy (non-hydrogen) atoms. The highest BCUT2D eigenvalue weighted by atomic mass is 19.2. The number of rotatable bonds is 2. The van der Waals surface area contributed by atoms with E-state index in [4.69, 9.17) is 0 Å². The Morgan fingerprint density at radius 2 is 1.37 bits per heavy atom. The summed E-state index contributed by atoms with van der Waals surface area (Å²) >= 11 is 0. The monoisotopic (exact) mass is 279 g/mol. The van der Waals surface area contributed by atoms with Gasteiger partial charge in [0.1, 0.15) is 0 Å². The maximum absolute atomic E-state index is 13.8. The highest BCUT2D eigenvalue weighted by Gasteiger charge is 2.28. The van der Waals surface area contributed by atoms with Gasteiger partial charge in [-0.1, -0.05) is 0 Å². The maximum atomic E-state index is 13.8. The second kappa shape index (κ2) is 4.52. The molecule has 0 unspecified atom stereocenters. The van der Waals surface area contributed by atoms with Crippen LogP contribution in [0.2, 0.25) is 0 Å². The van der Waals surface area contributed by atoms with Gasteiger partial charge in [-0.05, 0) is 0 Å². The predicted octanol–water partition coefficient (Wildman–Crippen LogP) is 2.95. The van der Waals surface area contributed by atoms with Gasteiger partial charge < -0.3 is 9.47 Å². The van der Waals surface area contributed by atoms with Crippen LogP contribution in [0.3, 0.4) is 0 Å². The predicted molar refractivity (Wildman–Crippen MR) is 54.6 cm³/mol. The molecule has 2 rings (SSSR count). The van der Waals surface area contributed by atoms with Gasteiger partial charge in [-0.15, -0.1) is 0 Å². The molecule has 102 valence electrons. The van der Waals surface area contributed by atoms with E-state index in [0.717, 1.165) is 14.2 Å². The lowest BCUT2D eigenvalue weighted by Gasteiger charge is -2.11. The van der Waals surface area contributed by atoms with Gasteiger partial charge in [-0.2, -0.15) is 13.8 Å². The van der Waals surface area contributed by atoms with Crippen LogP contribution in [-0.4, -0.2) is 19.2 Å². The third-order valence-electron chi connectivity index (χ3n) is 2.49. The molecule has 2 aromatic rings. The summed E-state index contributed by atoms with van der Waals surface area (Å²) in [7, 11) is 1.83. The average molecular weight is 279 g/mol. The number of fused-ring (bicyclic) bond motifs is 1. The third-order valence-corrected chi connectivity index (χ3v) is 2.49. The van der Waals surface area contributed by atoms with Gasteiger partial charge in [-0.25, -0.2) is 13.2 Å². The minimum atomic E-state index is -1.76. The number of methoxy groups -OCH3 is 2. The van der Waals surface area contributed by atoms with Crippen LogP contribution in [-0.2, 0) is 0 Å². The molecule has 0 radical (unpaired) electrons. The first kappa shape index (κ1) is 13.3. The van der Waals surface area contributed by atoms with Gasteiger partial charge >= 0.3 is 0 Å². The zero-order valence-corrected chi connectivity index (χ0v) is 9.65. The van der Waals surface area contributed by atoms with Crippen LogP contribution < -0.4 is 9.47 Å². The van der Waals surface area contributed by atoms with Crippen LogP contribution in [0.5, 0.6) is 11.6 Å². The van der Waals surface area contributed by atoms with E-state index >= 15 is 0 Å². The number of benzene rings is 1. The number of hydrogen-bond donors (Lipinski definition) is 0. The highest BCUT2D eigenvalue weighted by molar-refractivity contribution is 5.90. The van der Waals surface area contributed by atoms with E-state index in [1.54, 1.807) is 0 Å². The highest BCUT2D eigenvalue weighted by Crippen LogP contribution is 2.38. The van der Waals surface area contributed by atoms with Gasteiger partial charge in [0.15, 0.2) is 23.2 Å². The SMILES string of the molecule is COc1c(F)c(F)c2c(OC)nc(F)c(F)c2c1F. The average Bonchev–Trinajstić information content (AvgIpc) is 2.39. The van der Waals surface area contributed by atoms with Gasteiger partial charge in [0.2, 0.25) is 11.7 Å². The summed E-state index contributed by atoms with van der Waals surface area (Å²) in [4.78, 5) is 2.94. The number of nitrogens with zero attached hydrogens (tertiary/aromatic N) is 1. The van der Waals surface area contributed by atoms with Crippen LogP contribution in [0.25, 0.3) is 10.8 Å². The van der Waals surface area contributed by atoms with Crippen LogP contribution in [0.4, 0.5) is 22.0 Å². The molecule has 0 aliphatic heterocycles. The second-order valence-corrected chi connectivity index (χ2v) is 3.45. The number of pyridine rings is 1. The minimum absolute atomic E-state index is 0.771. The summed E-state index contributed by atoms with van der Waals surface area (Å²) < 4.78 is 76.6. The fourth-order valence-corrected chi connectivity index (χ4v) is 1.67. The van der Waals surface area contributed by atoms with Crippen molar-refractivity contribution < 1.29 is 31.4 Å². The summed E-state index contributed by atoms with van der Waals surface area (Å²) in [5, 5.41) is -2.06. The standard InChI is InChI=1S/C11H6F5NO2/c1-18-9-6(13)3-4(5(12)8(9)15)11(19-2)17-10(16)7(3)14/h1-2H3. The molecule has 0 aliphatic carbocycles. The van der Waals surface area contributed by atoms with Crippen molar-refractivity contribution in [1.29, 1.82) is 0 Å². The molecule has 1 aromatic carbocycles. The molecule has 0 N–H and O–H groups in total. The molecule has 0 amide bonds. The topological polar surface area (TPSA) is 31.4 Å². The third kappa shape index (κ3) is 1.74. The Kier molecular flexibility index (Phi) is 3.17. The lowest BCUT2D eigenvalue weighted by Crippen LogP contribution is -2.05. The molecule has 0 spiro atoms.